The molecule has 1 rings (SSSR count). The minimum absolute atomic E-state index is 0.240. The second kappa shape index (κ2) is 6.51. The maximum atomic E-state index is 13.6. The average Bonchev–Trinajstić information content (AvgIpc) is 2.37. The molecule has 0 aliphatic rings. The van der Waals surface area contributed by atoms with Crippen molar-refractivity contribution in [1.82, 2.24) is 5.32 Å². The number of amides is 1. The van der Waals surface area contributed by atoms with Gasteiger partial charge in [0.1, 0.15) is 5.82 Å². The Kier molecular flexibility index (Phi) is 5.50. The summed E-state index contributed by atoms with van der Waals surface area (Å²) in [6.07, 6.45) is 0.861. The Labute approximate surface area is 122 Å². The van der Waals surface area contributed by atoms with Crippen LogP contribution in [0, 0.1) is 11.7 Å². The monoisotopic (exact) mass is 322 g/mol. The van der Waals surface area contributed by atoms with Crippen LogP contribution in [0.15, 0.2) is 17.0 Å². The van der Waals surface area contributed by atoms with Gasteiger partial charge in [-0.1, -0.05) is 31.9 Å². The highest BCUT2D eigenvalue weighted by Crippen LogP contribution is 2.24. The van der Waals surface area contributed by atoms with Gasteiger partial charge in [-0.05, 0) is 18.1 Å². The van der Waals surface area contributed by atoms with E-state index in [1.165, 1.54) is 0 Å². The van der Waals surface area contributed by atoms with Gasteiger partial charge in [0, 0.05) is 6.54 Å². The summed E-state index contributed by atoms with van der Waals surface area (Å²) in [5.41, 5.74) is -0.251. The first-order chi connectivity index (χ1) is 9.16. The van der Waals surface area contributed by atoms with Gasteiger partial charge in [-0.3, -0.25) is 4.79 Å². The van der Waals surface area contributed by atoms with Crippen LogP contribution in [0.5, 0.6) is 0 Å². The summed E-state index contributed by atoms with van der Waals surface area (Å²) in [7, 11) is -4.11. The molecular weight excluding hydrogens is 307 g/mol. The number of carbonyl (C=O) groups excluding carboxylic acids is 1. The largest absolute Gasteiger partial charge is 0.352 e. The van der Waals surface area contributed by atoms with E-state index in [1.54, 1.807) is 0 Å². The van der Waals surface area contributed by atoms with Gasteiger partial charge in [-0.2, -0.15) is 0 Å². The van der Waals surface area contributed by atoms with Crippen LogP contribution in [-0.4, -0.2) is 20.9 Å². The second-order valence-corrected chi connectivity index (χ2v) is 6.47. The molecule has 5 nitrogen and oxygen atoms in total. The Hall–Kier alpha value is -1.18. The smallest absolute Gasteiger partial charge is 0.252 e. The van der Waals surface area contributed by atoms with Gasteiger partial charge in [0.25, 0.3) is 5.91 Å². The van der Waals surface area contributed by atoms with E-state index in [1.807, 2.05) is 13.8 Å². The van der Waals surface area contributed by atoms with Crippen LogP contribution in [0.2, 0.25) is 5.02 Å². The molecule has 0 aromatic heterocycles. The Morgan fingerprint density at radius 2 is 2.10 bits per heavy atom. The maximum absolute atomic E-state index is 13.6. The third-order valence-electron chi connectivity index (χ3n) is 2.88. The molecule has 0 aliphatic carbocycles. The molecule has 1 unspecified atom stereocenters. The lowest BCUT2D eigenvalue weighted by Crippen LogP contribution is -2.28. The summed E-state index contributed by atoms with van der Waals surface area (Å²) in [4.78, 5) is 11.4. The predicted octanol–water partition coefficient (Wildman–Crippen LogP) is 1.90. The summed E-state index contributed by atoms with van der Waals surface area (Å²) < 4.78 is 36.0. The highest BCUT2D eigenvalue weighted by atomic mass is 35.5. The number of sulfonamides is 1. The van der Waals surface area contributed by atoms with Crippen molar-refractivity contribution in [3.8, 4) is 0 Å². The van der Waals surface area contributed by atoms with Crippen LogP contribution in [0.25, 0.3) is 0 Å². The lowest BCUT2D eigenvalue weighted by molar-refractivity contribution is 0.0947. The lowest BCUT2D eigenvalue weighted by atomic mass is 10.1. The molecule has 0 saturated heterocycles. The summed E-state index contributed by atoms with van der Waals surface area (Å²) in [5, 5.41) is 7.06. The maximum Gasteiger partial charge on any atom is 0.252 e. The Bertz CT molecular complexity index is 619. The van der Waals surface area contributed by atoms with E-state index in [0.29, 0.717) is 12.6 Å². The number of halogens is 2. The topological polar surface area (TPSA) is 89.3 Å². The Balaban J connectivity index is 3.11. The van der Waals surface area contributed by atoms with E-state index in [0.717, 1.165) is 12.5 Å². The third kappa shape index (κ3) is 4.16. The van der Waals surface area contributed by atoms with E-state index < -0.39 is 31.7 Å². The predicted molar refractivity (Wildman–Crippen MR) is 74.6 cm³/mol. The minimum Gasteiger partial charge on any atom is -0.352 e. The number of carbonyl (C=O) groups is 1. The number of hydrogen-bond donors (Lipinski definition) is 2. The Morgan fingerprint density at radius 1 is 1.50 bits per heavy atom. The first kappa shape index (κ1) is 16.9. The van der Waals surface area contributed by atoms with E-state index in [4.69, 9.17) is 16.7 Å². The van der Waals surface area contributed by atoms with E-state index in [-0.39, 0.29) is 11.5 Å². The van der Waals surface area contributed by atoms with Gasteiger partial charge in [0.15, 0.2) is 0 Å². The van der Waals surface area contributed by atoms with Crippen molar-refractivity contribution in [3.63, 3.8) is 0 Å². The lowest BCUT2D eigenvalue weighted by Gasteiger charge is -2.12. The summed E-state index contributed by atoms with van der Waals surface area (Å²) in [5.74, 6) is -1.41. The Morgan fingerprint density at radius 3 is 2.60 bits per heavy atom. The highest BCUT2D eigenvalue weighted by Gasteiger charge is 2.20. The average molecular weight is 323 g/mol. The van der Waals surface area contributed by atoms with E-state index in [9.17, 15) is 17.6 Å². The van der Waals surface area contributed by atoms with Crippen LogP contribution in [-0.2, 0) is 10.0 Å². The summed E-state index contributed by atoms with van der Waals surface area (Å²) in [6, 6.07) is 1.65. The quantitative estimate of drug-likeness (QED) is 0.867. The van der Waals surface area contributed by atoms with Gasteiger partial charge in [0.05, 0.1) is 15.5 Å². The zero-order valence-corrected chi connectivity index (χ0v) is 12.7. The molecule has 1 atom stereocenters. The van der Waals surface area contributed by atoms with Gasteiger partial charge in [-0.15, -0.1) is 0 Å². The number of nitrogens with one attached hydrogen (secondary N) is 1. The normalized spacial score (nSPS) is 13.1. The molecule has 0 spiro atoms. The van der Waals surface area contributed by atoms with Crippen LogP contribution in [0.1, 0.15) is 30.6 Å². The van der Waals surface area contributed by atoms with Crippen molar-refractivity contribution >= 4 is 27.5 Å². The molecule has 0 heterocycles. The molecule has 1 aromatic carbocycles. The first-order valence-electron chi connectivity index (χ1n) is 5.96. The van der Waals surface area contributed by atoms with Gasteiger partial charge < -0.3 is 5.32 Å². The van der Waals surface area contributed by atoms with Gasteiger partial charge in [-0.25, -0.2) is 17.9 Å². The number of primary sulfonamides is 1. The van der Waals surface area contributed by atoms with E-state index in [2.05, 4.69) is 5.32 Å². The van der Waals surface area contributed by atoms with Crippen LogP contribution in [0.4, 0.5) is 4.39 Å². The van der Waals surface area contributed by atoms with Gasteiger partial charge in [0.2, 0.25) is 10.0 Å². The number of rotatable bonds is 5. The molecule has 0 aliphatic heterocycles. The summed E-state index contributed by atoms with van der Waals surface area (Å²) >= 11 is 5.69. The fourth-order valence-electron chi connectivity index (χ4n) is 1.40. The molecule has 112 valence electrons. The number of nitrogens with two attached hydrogens (primary N) is 1. The fraction of sp³-hybridized carbons (Fsp3) is 0.417. The van der Waals surface area contributed by atoms with E-state index >= 15 is 0 Å². The number of hydrogen-bond acceptors (Lipinski definition) is 3. The second-order valence-electron chi connectivity index (χ2n) is 4.54. The van der Waals surface area contributed by atoms with Crippen molar-refractivity contribution in [1.29, 1.82) is 0 Å². The van der Waals surface area contributed by atoms with Crippen molar-refractivity contribution < 1.29 is 17.6 Å². The molecular formula is C12H16ClFN2O3S. The van der Waals surface area contributed by atoms with Crippen molar-refractivity contribution in [3.05, 3.63) is 28.5 Å². The standard InChI is InChI=1S/C12H16ClFN2O3S/c1-3-7(2)6-16-12(17)9-4-8(20(15,18)19)5-10(14)11(9)13/h4-5,7H,3,6H2,1-2H3,(H,16,17)(H2,15,18,19). The first-order valence-corrected chi connectivity index (χ1v) is 7.89. The van der Waals surface area contributed by atoms with Crippen LogP contribution in [0.3, 0.4) is 0 Å². The highest BCUT2D eigenvalue weighted by molar-refractivity contribution is 7.89. The van der Waals surface area contributed by atoms with Crippen LogP contribution >= 0.6 is 11.6 Å². The molecule has 1 aromatic rings. The molecule has 20 heavy (non-hydrogen) atoms. The van der Waals surface area contributed by atoms with Crippen molar-refractivity contribution in [2.24, 2.45) is 11.1 Å². The molecule has 8 heteroatoms. The molecule has 0 bridgehead atoms. The zero-order valence-electron chi connectivity index (χ0n) is 11.1. The van der Waals surface area contributed by atoms with Crippen molar-refractivity contribution in [2.45, 2.75) is 25.2 Å². The SMILES string of the molecule is CCC(C)CNC(=O)c1cc(S(N)(=O)=O)cc(F)c1Cl. The number of benzene rings is 1. The minimum atomic E-state index is -4.11. The molecule has 0 fully saturated rings. The fourth-order valence-corrected chi connectivity index (χ4v) is 2.14. The molecule has 0 radical (unpaired) electrons. The van der Waals surface area contributed by atoms with Crippen molar-refractivity contribution in [2.75, 3.05) is 6.54 Å². The molecule has 0 saturated carbocycles. The third-order valence-corrected chi connectivity index (χ3v) is 4.16. The van der Waals surface area contributed by atoms with Crippen LogP contribution < -0.4 is 10.5 Å². The molecule has 3 N–H and O–H groups in total. The van der Waals surface area contributed by atoms with Gasteiger partial charge >= 0.3 is 0 Å². The molecule has 1 amide bonds. The summed E-state index contributed by atoms with van der Waals surface area (Å²) in [6.45, 7) is 4.28. The zero-order chi connectivity index (χ0) is 15.5.